The minimum absolute atomic E-state index is 0.375. The monoisotopic (exact) mass is 250 g/mol. The van der Waals surface area contributed by atoms with Gasteiger partial charge in [0.15, 0.2) is 0 Å². The number of likely N-dealkylation sites (tertiary alicyclic amines) is 1. The van der Waals surface area contributed by atoms with E-state index in [1.807, 2.05) is 0 Å². The van der Waals surface area contributed by atoms with Crippen molar-refractivity contribution < 1.29 is 0 Å². The van der Waals surface area contributed by atoms with E-state index in [-0.39, 0.29) is 0 Å². The maximum Gasteiger partial charge on any atom is 0.0337 e. The Morgan fingerprint density at radius 1 is 1.11 bits per heavy atom. The highest BCUT2D eigenvalue weighted by Gasteiger charge is 2.47. The SMILES string of the molecule is CC1CCC(CN)(N2CCCC3CCCCC32)C1. The third-order valence-corrected chi connectivity index (χ3v) is 6.06. The van der Waals surface area contributed by atoms with Crippen LogP contribution in [0, 0.1) is 11.8 Å². The summed E-state index contributed by atoms with van der Waals surface area (Å²) >= 11 is 0. The molecule has 0 aromatic rings. The Morgan fingerprint density at radius 2 is 1.89 bits per heavy atom. The van der Waals surface area contributed by atoms with Crippen molar-refractivity contribution in [1.82, 2.24) is 4.90 Å². The zero-order chi connectivity index (χ0) is 12.6. The fourth-order valence-corrected chi connectivity index (χ4v) is 5.15. The van der Waals surface area contributed by atoms with Gasteiger partial charge in [-0.1, -0.05) is 19.8 Å². The lowest BCUT2D eigenvalue weighted by atomic mass is 9.75. The molecule has 1 heterocycles. The topological polar surface area (TPSA) is 29.3 Å². The molecule has 2 aliphatic carbocycles. The molecule has 0 amide bonds. The van der Waals surface area contributed by atoms with Crippen molar-refractivity contribution in [3.05, 3.63) is 0 Å². The van der Waals surface area contributed by atoms with Gasteiger partial charge in [0.2, 0.25) is 0 Å². The third-order valence-electron chi connectivity index (χ3n) is 6.06. The van der Waals surface area contributed by atoms with Gasteiger partial charge in [-0.25, -0.2) is 0 Å². The lowest BCUT2D eigenvalue weighted by Crippen LogP contribution is -2.60. The summed E-state index contributed by atoms with van der Waals surface area (Å²) in [6.45, 7) is 4.63. The molecule has 4 atom stereocenters. The minimum atomic E-state index is 0.375. The Kier molecular flexibility index (Phi) is 3.68. The van der Waals surface area contributed by atoms with Crippen LogP contribution in [0.3, 0.4) is 0 Å². The van der Waals surface area contributed by atoms with Gasteiger partial charge in [0.1, 0.15) is 0 Å². The molecular weight excluding hydrogens is 220 g/mol. The van der Waals surface area contributed by atoms with Gasteiger partial charge in [-0.3, -0.25) is 4.90 Å². The molecule has 2 nitrogen and oxygen atoms in total. The van der Waals surface area contributed by atoms with Gasteiger partial charge in [-0.05, 0) is 63.3 Å². The molecular formula is C16H30N2. The number of hydrogen-bond donors (Lipinski definition) is 1. The van der Waals surface area contributed by atoms with Gasteiger partial charge in [0, 0.05) is 18.1 Å². The van der Waals surface area contributed by atoms with Crippen molar-refractivity contribution in [2.24, 2.45) is 17.6 Å². The summed E-state index contributed by atoms with van der Waals surface area (Å²) in [6, 6.07) is 0.876. The number of nitrogens with zero attached hydrogens (tertiary/aromatic N) is 1. The highest BCUT2D eigenvalue weighted by atomic mass is 15.3. The number of nitrogens with two attached hydrogens (primary N) is 1. The van der Waals surface area contributed by atoms with Crippen LogP contribution in [0.2, 0.25) is 0 Å². The average molecular weight is 250 g/mol. The van der Waals surface area contributed by atoms with Crippen molar-refractivity contribution >= 4 is 0 Å². The normalized spacial score (nSPS) is 46.0. The first-order valence-electron chi connectivity index (χ1n) is 8.22. The third kappa shape index (κ3) is 2.12. The Morgan fingerprint density at radius 3 is 2.61 bits per heavy atom. The van der Waals surface area contributed by atoms with Gasteiger partial charge in [-0.15, -0.1) is 0 Å². The summed E-state index contributed by atoms with van der Waals surface area (Å²) in [5.41, 5.74) is 6.62. The standard InChI is InChI=1S/C16H30N2/c1-13-8-9-16(11-13,12-17)18-10-4-6-14-5-2-3-7-15(14)18/h13-15H,2-12,17H2,1H3. The van der Waals surface area contributed by atoms with Crippen molar-refractivity contribution in [3.63, 3.8) is 0 Å². The molecule has 2 N–H and O–H groups in total. The first-order chi connectivity index (χ1) is 8.75. The maximum absolute atomic E-state index is 6.24. The predicted molar refractivity (Wildman–Crippen MR) is 76.5 cm³/mol. The van der Waals surface area contributed by atoms with Gasteiger partial charge in [0.05, 0.1) is 0 Å². The van der Waals surface area contributed by atoms with E-state index in [2.05, 4.69) is 11.8 Å². The Hall–Kier alpha value is -0.0800. The number of hydrogen-bond acceptors (Lipinski definition) is 2. The lowest BCUT2D eigenvalue weighted by molar-refractivity contribution is -0.0243. The molecule has 0 radical (unpaired) electrons. The minimum Gasteiger partial charge on any atom is -0.329 e. The van der Waals surface area contributed by atoms with E-state index in [1.54, 1.807) is 0 Å². The van der Waals surface area contributed by atoms with E-state index in [1.165, 1.54) is 64.3 Å². The fraction of sp³-hybridized carbons (Fsp3) is 1.00. The molecule has 0 aromatic heterocycles. The highest BCUT2D eigenvalue weighted by molar-refractivity contribution is 5.03. The zero-order valence-corrected chi connectivity index (χ0v) is 12.0. The Labute approximate surface area is 112 Å². The molecule has 0 bridgehead atoms. The Bertz CT molecular complexity index is 289. The maximum atomic E-state index is 6.24. The first-order valence-corrected chi connectivity index (χ1v) is 8.22. The second kappa shape index (κ2) is 5.13. The van der Waals surface area contributed by atoms with Crippen molar-refractivity contribution in [2.75, 3.05) is 13.1 Å². The second-order valence-corrected chi connectivity index (χ2v) is 7.22. The second-order valence-electron chi connectivity index (χ2n) is 7.22. The van der Waals surface area contributed by atoms with Crippen LogP contribution in [0.1, 0.15) is 64.7 Å². The Balaban J connectivity index is 1.80. The van der Waals surface area contributed by atoms with Gasteiger partial charge < -0.3 is 5.73 Å². The zero-order valence-electron chi connectivity index (χ0n) is 12.0. The lowest BCUT2D eigenvalue weighted by Gasteiger charge is -2.52. The van der Waals surface area contributed by atoms with Crippen LogP contribution in [-0.2, 0) is 0 Å². The van der Waals surface area contributed by atoms with E-state index < -0.39 is 0 Å². The summed E-state index contributed by atoms with van der Waals surface area (Å²) in [5.74, 6) is 1.88. The largest absolute Gasteiger partial charge is 0.329 e. The van der Waals surface area contributed by atoms with Crippen LogP contribution >= 0.6 is 0 Å². The summed E-state index contributed by atoms with van der Waals surface area (Å²) in [7, 11) is 0. The quantitative estimate of drug-likeness (QED) is 0.815. The molecule has 0 spiro atoms. The molecule has 0 aromatic carbocycles. The number of piperidine rings is 1. The van der Waals surface area contributed by atoms with Crippen molar-refractivity contribution in [3.8, 4) is 0 Å². The predicted octanol–water partition coefficient (Wildman–Crippen LogP) is 3.16. The fourth-order valence-electron chi connectivity index (χ4n) is 5.15. The van der Waals surface area contributed by atoms with Crippen LogP contribution in [0.5, 0.6) is 0 Å². The van der Waals surface area contributed by atoms with E-state index >= 15 is 0 Å². The molecule has 104 valence electrons. The summed E-state index contributed by atoms with van der Waals surface area (Å²) < 4.78 is 0. The smallest absolute Gasteiger partial charge is 0.0337 e. The molecule has 18 heavy (non-hydrogen) atoms. The molecule has 2 heteroatoms. The van der Waals surface area contributed by atoms with Crippen LogP contribution in [0.25, 0.3) is 0 Å². The molecule has 4 unspecified atom stereocenters. The molecule has 3 aliphatic rings. The molecule has 3 rings (SSSR count). The highest BCUT2D eigenvalue weighted by Crippen LogP contribution is 2.45. The average Bonchev–Trinajstić information content (AvgIpc) is 2.81. The van der Waals surface area contributed by atoms with E-state index in [0.29, 0.717) is 5.54 Å². The van der Waals surface area contributed by atoms with Gasteiger partial charge >= 0.3 is 0 Å². The van der Waals surface area contributed by atoms with Crippen LogP contribution in [0.4, 0.5) is 0 Å². The van der Waals surface area contributed by atoms with Crippen molar-refractivity contribution in [1.29, 1.82) is 0 Å². The summed E-state index contributed by atoms with van der Waals surface area (Å²) in [4.78, 5) is 2.89. The van der Waals surface area contributed by atoms with E-state index in [9.17, 15) is 0 Å². The molecule has 3 fully saturated rings. The van der Waals surface area contributed by atoms with Crippen LogP contribution in [0.15, 0.2) is 0 Å². The molecule has 1 aliphatic heterocycles. The molecule has 2 saturated carbocycles. The summed E-state index contributed by atoms with van der Waals surface area (Å²) in [5, 5.41) is 0. The number of fused-ring (bicyclic) bond motifs is 1. The molecule has 1 saturated heterocycles. The summed E-state index contributed by atoms with van der Waals surface area (Å²) in [6.07, 6.45) is 12.9. The van der Waals surface area contributed by atoms with Gasteiger partial charge in [0.25, 0.3) is 0 Å². The van der Waals surface area contributed by atoms with Crippen molar-refractivity contribution in [2.45, 2.75) is 76.3 Å². The first kappa shape index (κ1) is 12.9. The van der Waals surface area contributed by atoms with Gasteiger partial charge in [-0.2, -0.15) is 0 Å². The van der Waals surface area contributed by atoms with Crippen LogP contribution in [-0.4, -0.2) is 29.6 Å². The van der Waals surface area contributed by atoms with E-state index in [4.69, 9.17) is 5.73 Å². The van der Waals surface area contributed by atoms with E-state index in [0.717, 1.165) is 24.4 Å². The van der Waals surface area contributed by atoms with Crippen LogP contribution < -0.4 is 5.73 Å². The number of rotatable bonds is 2.